The molecule has 122 valence electrons. The maximum Gasteiger partial charge on any atom is 0.224 e. The summed E-state index contributed by atoms with van der Waals surface area (Å²) in [6.07, 6.45) is 0.353. The molecule has 5 heteroatoms. The van der Waals surface area contributed by atoms with Gasteiger partial charge < -0.3 is 14.8 Å². The zero-order valence-electron chi connectivity index (χ0n) is 13.2. The number of rotatable bonds is 7. The Morgan fingerprint density at radius 2 is 1.87 bits per heavy atom. The first-order valence-electron chi connectivity index (χ1n) is 7.37. The first-order chi connectivity index (χ1) is 11.1. The van der Waals surface area contributed by atoms with E-state index < -0.39 is 0 Å². The summed E-state index contributed by atoms with van der Waals surface area (Å²) in [5.74, 6) is 1.51. The first kappa shape index (κ1) is 17.3. The lowest BCUT2D eigenvalue weighted by molar-refractivity contribution is -0.121. The van der Waals surface area contributed by atoms with Gasteiger partial charge in [0, 0.05) is 4.47 Å². The maximum absolute atomic E-state index is 12.0. The molecule has 0 saturated carbocycles. The molecule has 2 aromatic rings. The Morgan fingerprint density at radius 3 is 2.52 bits per heavy atom. The van der Waals surface area contributed by atoms with Crippen molar-refractivity contribution >= 4 is 21.8 Å². The van der Waals surface area contributed by atoms with Gasteiger partial charge in [-0.25, -0.2) is 0 Å². The Morgan fingerprint density at radius 1 is 1.17 bits per heavy atom. The second kappa shape index (κ2) is 8.58. The lowest BCUT2D eigenvalue weighted by Gasteiger charge is -2.15. The molecule has 23 heavy (non-hydrogen) atoms. The van der Waals surface area contributed by atoms with Gasteiger partial charge in [0.1, 0.15) is 18.1 Å². The molecule has 0 aromatic heterocycles. The minimum absolute atomic E-state index is 0.0195. The van der Waals surface area contributed by atoms with Crippen LogP contribution in [0, 0.1) is 0 Å². The van der Waals surface area contributed by atoms with E-state index in [1.54, 1.807) is 7.11 Å². The van der Waals surface area contributed by atoms with Crippen molar-refractivity contribution in [2.24, 2.45) is 0 Å². The van der Waals surface area contributed by atoms with Crippen molar-refractivity contribution in [3.05, 3.63) is 58.6 Å². The highest BCUT2D eigenvalue weighted by atomic mass is 79.9. The molecule has 2 rings (SSSR count). The van der Waals surface area contributed by atoms with Crippen molar-refractivity contribution in [3.8, 4) is 11.5 Å². The number of carbonyl (C=O) groups excluding carboxylic acids is 1. The minimum Gasteiger partial charge on any atom is -0.497 e. The Hall–Kier alpha value is -2.01. The molecule has 1 unspecified atom stereocenters. The van der Waals surface area contributed by atoms with Gasteiger partial charge >= 0.3 is 0 Å². The van der Waals surface area contributed by atoms with Crippen LogP contribution in [-0.4, -0.2) is 25.7 Å². The van der Waals surface area contributed by atoms with Crippen LogP contribution in [0.4, 0.5) is 0 Å². The fraction of sp³-hybridized carbons (Fsp3) is 0.278. The number of benzene rings is 2. The van der Waals surface area contributed by atoms with Gasteiger partial charge in [0.2, 0.25) is 5.91 Å². The fourth-order valence-corrected chi connectivity index (χ4v) is 2.54. The van der Waals surface area contributed by atoms with Crippen LogP contribution < -0.4 is 14.8 Å². The van der Waals surface area contributed by atoms with E-state index in [0.717, 1.165) is 21.5 Å². The van der Waals surface area contributed by atoms with Crippen molar-refractivity contribution < 1.29 is 14.3 Å². The molecular formula is C18H20BrNO3. The maximum atomic E-state index is 12.0. The lowest BCUT2D eigenvalue weighted by atomic mass is 10.1. The van der Waals surface area contributed by atoms with Crippen molar-refractivity contribution in [2.75, 3.05) is 13.7 Å². The normalized spacial score (nSPS) is 11.6. The molecule has 0 bridgehead atoms. The Labute approximate surface area is 144 Å². The van der Waals surface area contributed by atoms with Crippen LogP contribution in [-0.2, 0) is 11.2 Å². The SMILES string of the molecule is COc1ccc(OCC(C)NC(=O)Cc2cccc(Br)c2)cc1. The van der Waals surface area contributed by atoms with Crippen molar-refractivity contribution in [1.29, 1.82) is 0 Å². The van der Waals surface area contributed by atoms with Gasteiger partial charge in [-0.05, 0) is 48.9 Å². The summed E-state index contributed by atoms with van der Waals surface area (Å²) in [7, 11) is 1.62. The predicted octanol–water partition coefficient (Wildman–Crippen LogP) is 3.58. The number of ether oxygens (including phenoxy) is 2. The molecular weight excluding hydrogens is 358 g/mol. The largest absolute Gasteiger partial charge is 0.497 e. The van der Waals surface area contributed by atoms with Crippen LogP contribution >= 0.6 is 15.9 Å². The molecule has 2 aromatic carbocycles. The van der Waals surface area contributed by atoms with Crippen LogP contribution in [0.25, 0.3) is 0 Å². The van der Waals surface area contributed by atoms with Crippen molar-refractivity contribution in [1.82, 2.24) is 5.32 Å². The van der Waals surface area contributed by atoms with Crippen LogP contribution in [0.2, 0.25) is 0 Å². The highest BCUT2D eigenvalue weighted by Gasteiger charge is 2.09. The van der Waals surface area contributed by atoms with Crippen molar-refractivity contribution in [2.45, 2.75) is 19.4 Å². The number of amides is 1. The summed E-state index contributed by atoms with van der Waals surface area (Å²) >= 11 is 3.40. The second-order valence-electron chi connectivity index (χ2n) is 5.26. The Balaban J connectivity index is 1.77. The number of hydrogen-bond donors (Lipinski definition) is 1. The molecule has 4 nitrogen and oxygen atoms in total. The molecule has 0 heterocycles. The average Bonchev–Trinajstić information content (AvgIpc) is 2.53. The van der Waals surface area contributed by atoms with E-state index in [2.05, 4.69) is 21.2 Å². The molecule has 0 spiro atoms. The van der Waals surface area contributed by atoms with E-state index in [4.69, 9.17) is 9.47 Å². The zero-order valence-corrected chi connectivity index (χ0v) is 14.8. The van der Waals surface area contributed by atoms with Gasteiger partial charge in [-0.1, -0.05) is 28.1 Å². The van der Waals surface area contributed by atoms with E-state index in [9.17, 15) is 4.79 Å². The summed E-state index contributed by atoms with van der Waals surface area (Å²) in [4.78, 5) is 12.0. The molecule has 1 N–H and O–H groups in total. The molecule has 0 aliphatic heterocycles. The third kappa shape index (κ3) is 5.94. The number of methoxy groups -OCH3 is 1. The van der Waals surface area contributed by atoms with Crippen molar-refractivity contribution in [3.63, 3.8) is 0 Å². The van der Waals surface area contributed by atoms with Gasteiger partial charge in [0.05, 0.1) is 19.6 Å². The molecule has 0 saturated heterocycles. The van der Waals surface area contributed by atoms with Crippen LogP contribution in [0.15, 0.2) is 53.0 Å². The standard InChI is InChI=1S/C18H20BrNO3/c1-13(12-23-17-8-6-16(22-2)7-9-17)20-18(21)11-14-4-3-5-15(19)10-14/h3-10,13H,11-12H2,1-2H3,(H,20,21). The predicted molar refractivity (Wildman–Crippen MR) is 93.9 cm³/mol. The third-order valence-corrected chi connectivity index (χ3v) is 3.71. The topological polar surface area (TPSA) is 47.6 Å². The number of hydrogen-bond acceptors (Lipinski definition) is 3. The third-order valence-electron chi connectivity index (χ3n) is 3.22. The second-order valence-corrected chi connectivity index (χ2v) is 6.18. The number of halogens is 1. The zero-order chi connectivity index (χ0) is 16.7. The van der Waals surface area contributed by atoms with Gasteiger partial charge in [0.15, 0.2) is 0 Å². The smallest absolute Gasteiger partial charge is 0.224 e. The van der Waals surface area contributed by atoms with E-state index in [1.807, 2.05) is 55.5 Å². The van der Waals surface area contributed by atoms with E-state index in [0.29, 0.717) is 13.0 Å². The van der Waals surface area contributed by atoms with Crippen LogP contribution in [0.5, 0.6) is 11.5 Å². The summed E-state index contributed by atoms with van der Waals surface area (Å²) in [5, 5.41) is 2.94. The molecule has 1 atom stereocenters. The Bertz CT molecular complexity index is 643. The fourth-order valence-electron chi connectivity index (χ4n) is 2.09. The van der Waals surface area contributed by atoms with Gasteiger partial charge in [0.25, 0.3) is 0 Å². The molecule has 0 radical (unpaired) electrons. The van der Waals surface area contributed by atoms with Gasteiger partial charge in [-0.2, -0.15) is 0 Å². The number of carbonyl (C=O) groups is 1. The molecule has 0 fully saturated rings. The lowest BCUT2D eigenvalue weighted by Crippen LogP contribution is -2.37. The van der Waals surface area contributed by atoms with E-state index in [1.165, 1.54) is 0 Å². The first-order valence-corrected chi connectivity index (χ1v) is 8.17. The van der Waals surface area contributed by atoms with Gasteiger partial charge in [-0.15, -0.1) is 0 Å². The average molecular weight is 378 g/mol. The Kier molecular flexibility index (Phi) is 6.47. The quantitative estimate of drug-likeness (QED) is 0.801. The van der Waals surface area contributed by atoms with Crippen LogP contribution in [0.1, 0.15) is 12.5 Å². The summed E-state index contributed by atoms with van der Waals surface area (Å²) < 4.78 is 11.7. The summed E-state index contributed by atoms with van der Waals surface area (Å²) in [6.45, 7) is 2.33. The number of nitrogens with one attached hydrogen (secondary N) is 1. The molecule has 0 aliphatic rings. The highest BCUT2D eigenvalue weighted by Crippen LogP contribution is 2.17. The van der Waals surface area contributed by atoms with E-state index >= 15 is 0 Å². The van der Waals surface area contributed by atoms with Crippen LogP contribution in [0.3, 0.4) is 0 Å². The highest BCUT2D eigenvalue weighted by molar-refractivity contribution is 9.10. The monoisotopic (exact) mass is 377 g/mol. The molecule has 1 amide bonds. The summed E-state index contributed by atoms with van der Waals surface area (Å²) in [6, 6.07) is 15.0. The minimum atomic E-state index is -0.0724. The van der Waals surface area contributed by atoms with E-state index in [-0.39, 0.29) is 11.9 Å². The molecule has 0 aliphatic carbocycles. The van der Waals surface area contributed by atoms with Gasteiger partial charge in [-0.3, -0.25) is 4.79 Å². The summed E-state index contributed by atoms with van der Waals surface area (Å²) in [5.41, 5.74) is 0.972.